The molecule has 0 saturated carbocycles. The molecule has 23 heavy (non-hydrogen) atoms. The summed E-state index contributed by atoms with van der Waals surface area (Å²) in [4.78, 5) is 43.4. The van der Waals surface area contributed by atoms with Crippen molar-refractivity contribution in [1.29, 1.82) is 0 Å². The van der Waals surface area contributed by atoms with E-state index in [1.807, 2.05) is 0 Å². The molecule has 1 aromatic rings. The van der Waals surface area contributed by atoms with Crippen molar-refractivity contribution in [2.45, 2.75) is 6.42 Å². The molecule has 0 aliphatic rings. The highest BCUT2D eigenvalue weighted by Crippen LogP contribution is 2.28. The average Bonchev–Trinajstić information content (AvgIpc) is 2.54. The summed E-state index contributed by atoms with van der Waals surface area (Å²) in [5.41, 5.74) is -0.0622. The van der Waals surface area contributed by atoms with E-state index in [-0.39, 0.29) is 23.7 Å². The lowest BCUT2D eigenvalue weighted by atomic mass is 10.2. The highest BCUT2D eigenvalue weighted by atomic mass is 16.6. The average molecular weight is 324 g/mol. The van der Waals surface area contributed by atoms with Crippen LogP contribution in [0.25, 0.3) is 0 Å². The van der Waals surface area contributed by atoms with Crippen LogP contribution in [0.1, 0.15) is 6.42 Å². The van der Waals surface area contributed by atoms with Crippen LogP contribution in [0.15, 0.2) is 18.2 Å². The Morgan fingerprint density at radius 2 is 2.04 bits per heavy atom. The minimum absolute atomic E-state index is 0.0653. The summed E-state index contributed by atoms with van der Waals surface area (Å²) in [6, 6.07) is 3.59. The van der Waals surface area contributed by atoms with Gasteiger partial charge in [0, 0.05) is 19.2 Å². The summed E-state index contributed by atoms with van der Waals surface area (Å²) in [6.07, 6.45) is 1.01. The summed E-state index contributed by atoms with van der Waals surface area (Å²) in [5, 5.41) is 17.8. The fourth-order valence-electron chi connectivity index (χ4n) is 1.61. The number of nitrogens with zero attached hydrogens (tertiary/aromatic N) is 1. The molecule has 1 aromatic carbocycles. The molecule has 10 heteroatoms. The maximum atomic E-state index is 11.7. The van der Waals surface area contributed by atoms with Crippen LogP contribution in [0, 0.1) is 10.1 Å². The largest absolute Gasteiger partial charge is 0.494 e. The molecule has 0 unspecified atom stereocenters. The molecule has 1 rings (SSSR count). The predicted molar refractivity (Wildman–Crippen MR) is 80.0 cm³/mol. The van der Waals surface area contributed by atoms with Gasteiger partial charge in [-0.3, -0.25) is 24.5 Å². The third-order valence-electron chi connectivity index (χ3n) is 2.72. The SMILES string of the molecule is COc1cc([N+](=O)[O-])ccc1NC(=O)C(=O)NCCCNC=O. The zero-order valence-corrected chi connectivity index (χ0v) is 12.3. The standard InChI is InChI=1S/C13H16N4O6/c1-23-11-7-9(17(21)22)3-4-10(11)16-13(20)12(19)15-6-2-5-14-8-18/h3-4,7-8H,2,5-6H2,1H3,(H,14,18)(H,15,19)(H,16,20). The number of hydrogen-bond acceptors (Lipinski definition) is 6. The lowest BCUT2D eigenvalue weighted by Crippen LogP contribution is -2.36. The van der Waals surface area contributed by atoms with E-state index in [1.165, 1.54) is 19.2 Å². The Kier molecular flexibility index (Phi) is 6.98. The minimum Gasteiger partial charge on any atom is -0.494 e. The topological polar surface area (TPSA) is 140 Å². The number of hydrogen-bond donors (Lipinski definition) is 3. The molecule has 0 heterocycles. The van der Waals surface area contributed by atoms with E-state index < -0.39 is 16.7 Å². The van der Waals surface area contributed by atoms with Crippen LogP contribution < -0.4 is 20.7 Å². The Hall–Kier alpha value is -3.17. The molecule has 3 amide bonds. The fourth-order valence-corrected chi connectivity index (χ4v) is 1.61. The Labute approximate surface area is 131 Å². The van der Waals surface area contributed by atoms with E-state index >= 15 is 0 Å². The van der Waals surface area contributed by atoms with Gasteiger partial charge in [0.15, 0.2) is 0 Å². The number of rotatable bonds is 8. The van der Waals surface area contributed by atoms with E-state index in [0.29, 0.717) is 19.4 Å². The van der Waals surface area contributed by atoms with Gasteiger partial charge in [-0.15, -0.1) is 0 Å². The fraction of sp³-hybridized carbons (Fsp3) is 0.308. The summed E-state index contributed by atoms with van der Waals surface area (Å²) >= 11 is 0. The second kappa shape index (κ2) is 8.97. The number of benzene rings is 1. The molecule has 0 fully saturated rings. The quantitative estimate of drug-likeness (QED) is 0.199. The molecule has 0 spiro atoms. The molecule has 0 atom stereocenters. The highest BCUT2D eigenvalue weighted by Gasteiger charge is 2.17. The van der Waals surface area contributed by atoms with E-state index in [1.54, 1.807) is 0 Å². The molecule has 0 saturated heterocycles. The summed E-state index contributed by atoms with van der Waals surface area (Å²) in [6.45, 7) is 0.589. The maximum Gasteiger partial charge on any atom is 0.313 e. The van der Waals surface area contributed by atoms with Crippen molar-refractivity contribution in [3.8, 4) is 5.75 Å². The van der Waals surface area contributed by atoms with E-state index in [9.17, 15) is 24.5 Å². The van der Waals surface area contributed by atoms with Crippen molar-refractivity contribution < 1.29 is 24.0 Å². The second-order valence-corrected chi connectivity index (χ2v) is 4.28. The molecular formula is C13H16N4O6. The van der Waals surface area contributed by atoms with Gasteiger partial charge in [0.2, 0.25) is 6.41 Å². The van der Waals surface area contributed by atoms with Crippen LogP contribution in [-0.4, -0.2) is 43.3 Å². The monoisotopic (exact) mass is 324 g/mol. The first-order valence-electron chi connectivity index (χ1n) is 6.58. The normalized spacial score (nSPS) is 9.61. The van der Waals surface area contributed by atoms with Gasteiger partial charge in [-0.05, 0) is 12.5 Å². The van der Waals surface area contributed by atoms with Gasteiger partial charge >= 0.3 is 11.8 Å². The molecule has 124 valence electrons. The van der Waals surface area contributed by atoms with Crippen LogP contribution in [0.3, 0.4) is 0 Å². The van der Waals surface area contributed by atoms with Gasteiger partial charge in [0.25, 0.3) is 5.69 Å². The summed E-state index contributed by atoms with van der Waals surface area (Å²) in [7, 11) is 1.29. The summed E-state index contributed by atoms with van der Waals surface area (Å²) in [5.74, 6) is -1.73. The number of anilines is 1. The van der Waals surface area contributed by atoms with Crippen LogP contribution in [0.2, 0.25) is 0 Å². The smallest absolute Gasteiger partial charge is 0.313 e. The number of non-ortho nitro benzene ring substituents is 1. The van der Waals surface area contributed by atoms with Gasteiger partial charge in [0.1, 0.15) is 5.75 Å². The predicted octanol–water partition coefficient (Wildman–Crippen LogP) is -0.206. The van der Waals surface area contributed by atoms with Gasteiger partial charge in [-0.1, -0.05) is 0 Å². The Balaban J connectivity index is 2.60. The third-order valence-corrected chi connectivity index (χ3v) is 2.72. The molecule has 0 bridgehead atoms. The molecule has 0 aromatic heterocycles. The zero-order chi connectivity index (χ0) is 17.2. The molecule has 3 N–H and O–H groups in total. The minimum atomic E-state index is -0.930. The Morgan fingerprint density at radius 1 is 1.30 bits per heavy atom. The first kappa shape index (κ1) is 17.9. The first-order chi connectivity index (χ1) is 11.0. The number of ether oxygens (including phenoxy) is 1. The molecular weight excluding hydrogens is 308 g/mol. The molecule has 0 aliphatic carbocycles. The maximum absolute atomic E-state index is 11.7. The molecule has 0 aliphatic heterocycles. The number of nitrogens with one attached hydrogen (secondary N) is 3. The lowest BCUT2D eigenvalue weighted by molar-refractivity contribution is -0.384. The summed E-state index contributed by atoms with van der Waals surface area (Å²) < 4.78 is 4.95. The highest BCUT2D eigenvalue weighted by molar-refractivity contribution is 6.39. The lowest BCUT2D eigenvalue weighted by Gasteiger charge is -2.10. The number of nitro groups is 1. The number of amides is 3. The molecule has 0 radical (unpaired) electrons. The zero-order valence-electron chi connectivity index (χ0n) is 12.3. The van der Waals surface area contributed by atoms with Gasteiger partial charge in [-0.2, -0.15) is 0 Å². The van der Waals surface area contributed by atoms with E-state index in [4.69, 9.17) is 4.74 Å². The van der Waals surface area contributed by atoms with E-state index in [2.05, 4.69) is 16.0 Å². The Bertz CT molecular complexity index is 604. The van der Waals surface area contributed by atoms with Crippen molar-refractivity contribution in [2.24, 2.45) is 0 Å². The van der Waals surface area contributed by atoms with Crippen molar-refractivity contribution >= 4 is 29.6 Å². The van der Waals surface area contributed by atoms with Crippen molar-refractivity contribution in [2.75, 3.05) is 25.5 Å². The second-order valence-electron chi connectivity index (χ2n) is 4.28. The first-order valence-corrected chi connectivity index (χ1v) is 6.58. The van der Waals surface area contributed by atoms with Crippen molar-refractivity contribution in [3.05, 3.63) is 28.3 Å². The van der Waals surface area contributed by atoms with E-state index in [0.717, 1.165) is 6.07 Å². The number of methoxy groups -OCH3 is 1. The van der Waals surface area contributed by atoms with Gasteiger partial charge in [0.05, 0.1) is 23.8 Å². The van der Waals surface area contributed by atoms with Gasteiger partial charge < -0.3 is 20.7 Å². The number of nitro benzene ring substituents is 1. The van der Waals surface area contributed by atoms with Crippen molar-refractivity contribution in [3.63, 3.8) is 0 Å². The van der Waals surface area contributed by atoms with Crippen LogP contribution in [-0.2, 0) is 14.4 Å². The number of carbonyl (C=O) groups is 3. The van der Waals surface area contributed by atoms with Gasteiger partial charge in [-0.25, -0.2) is 0 Å². The van der Waals surface area contributed by atoms with Crippen molar-refractivity contribution in [1.82, 2.24) is 10.6 Å². The third kappa shape index (κ3) is 5.61. The van der Waals surface area contributed by atoms with Crippen LogP contribution >= 0.6 is 0 Å². The van der Waals surface area contributed by atoms with Crippen LogP contribution in [0.4, 0.5) is 11.4 Å². The molecule has 10 nitrogen and oxygen atoms in total. The van der Waals surface area contributed by atoms with Crippen LogP contribution in [0.5, 0.6) is 5.75 Å². The number of carbonyl (C=O) groups excluding carboxylic acids is 3. The Morgan fingerprint density at radius 3 is 2.65 bits per heavy atom.